The van der Waals surface area contributed by atoms with Crippen molar-refractivity contribution < 1.29 is 21.6 Å². The summed E-state index contributed by atoms with van der Waals surface area (Å²) in [6, 6.07) is 5.63. The molecule has 1 aromatic rings. The second kappa shape index (κ2) is 12.1. The molecule has 0 bridgehead atoms. The van der Waals surface area contributed by atoms with Crippen molar-refractivity contribution in [3.8, 4) is 0 Å². The van der Waals surface area contributed by atoms with Gasteiger partial charge < -0.3 is 10.2 Å². The molecule has 2 fully saturated rings. The Morgan fingerprint density at radius 3 is 2.24 bits per heavy atom. The van der Waals surface area contributed by atoms with Crippen molar-refractivity contribution in [3.05, 3.63) is 29.8 Å². The maximum atomic E-state index is 12.9. The van der Waals surface area contributed by atoms with E-state index in [1.54, 1.807) is 6.07 Å². The SMILES string of the molecule is CN(C)S(=O)(=O)NC1CCC(CCN2CCC(Nc3cccc(C(F)(F)F)c3)CC2)CC1.Cl. The molecule has 2 N–H and O–H groups in total. The van der Waals surface area contributed by atoms with Crippen molar-refractivity contribution in [3.63, 3.8) is 0 Å². The van der Waals surface area contributed by atoms with E-state index < -0.39 is 21.9 Å². The monoisotopic (exact) mass is 512 g/mol. The smallest absolute Gasteiger partial charge is 0.382 e. The van der Waals surface area contributed by atoms with Crippen molar-refractivity contribution in [2.75, 3.05) is 39.0 Å². The maximum Gasteiger partial charge on any atom is 0.416 e. The Kier molecular flexibility index (Phi) is 10.3. The first-order chi connectivity index (χ1) is 15.0. The number of alkyl halides is 3. The van der Waals surface area contributed by atoms with Gasteiger partial charge in [-0.3, -0.25) is 0 Å². The third-order valence-corrected chi connectivity index (χ3v) is 8.24. The molecule has 33 heavy (non-hydrogen) atoms. The summed E-state index contributed by atoms with van der Waals surface area (Å²) < 4.78 is 66.6. The highest BCUT2D eigenvalue weighted by atomic mass is 35.5. The highest BCUT2D eigenvalue weighted by molar-refractivity contribution is 7.87. The van der Waals surface area contributed by atoms with Gasteiger partial charge in [0.15, 0.2) is 0 Å². The molecular weight excluding hydrogens is 477 g/mol. The lowest BCUT2D eigenvalue weighted by Gasteiger charge is -2.35. The number of rotatable bonds is 8. The topological polar surface area (TPSA) is 64.7 Å². The van der Waals surface area contributed by atoms with Crippen LogP contribution in [0.4, 0.5) is 18.9 Å². The third kappa shape index (κ3) is 8.58. The van der Waals surface area contributed by atoms with Crippen molar-refractivity contribution >= 4 is 28.3 Å². The average molecular weight is 513 g/mol. The molecule has 1 heterocycles. The van der Waals surface area contributed by atoms with Gasteiger partial charge in [-0.05, 0) is 75.6 Å². The summed E-state index contributed by atoms with van der Waals surface area (Å²) in [7, 11) is -0.301. The highest BCUT2D eigenvalue weighted by Crippen LogP contribution is 2.31. The molecule has 1 aromatic carbocycles. The number of piperidine rings is 1. The highest BCUT2D eigenvalue weighted by Gasteiger charge is 2.31. The molecule has 1 aliphatic heterocycles. The van der Waals surface area contributed by atoms with Gasteiger partial charge in [-0.25, -0.2) is 0 Å². The standard InChI is InChI=1S/C22H35F3N4O2S.ClH/c1-28(2)32(30,31)27-20-8-6-17(7-9-20)10-13-29-14-11-19(12-15-29)26-21-5-3-4-18(16-21)22(23,24)25;/h3-5,16-17,19-20,26-27H,6-15H2,1-2H3;1H. The summed E-state index contributed by atoms with van der Waals surface area (Å²) in [6.45, 7) is 2.90. The van der Waals surface area contributed by atoms with E-state index in [2.05, 4.69) is 14.9 Å². The van der Waals surface area contributed by atoms with Crippen LogP contribution in [0.5, 0.6) is 0 Å². The normalized spacial score (nSPS) is 23.3. The molecule has 1 saturated heterocycles. The van der Waals surface area contributed by atoms with E-state index in [-0.39, 0.29) is 24.5 Å². The molecule has 190 valence electrons. The van der Waals surface area contributed by atoms with Crippen LogP contribution >= 0.6 is 12.4 Å². The summed E-state index contributed by atoms with van der Waals surface area (Å²) >= 11 is 0. The minimum atomic E-state index is -4.32. The van der Waals surface area contributed by atoms with E-state index in [9.17, 15) is 21.6 Å². The Labute approximate surface area is 201 Å². The molecule has 6 nitrogen and oxygen atoms in total. The lowest BCUT2D eigenvalue weighted by Crippen LogP contribution is -2.44. The quantitative estimate of drug-likeness (QED) is 0.543. The van der Waals surface area contributed by atoms with E-state index in [1.807, 2.05) is 0 Å². The van der Waals surface area contributed by atoms with Crippen molar-refractivity contribution in [2.24, 2.45) is 5.92 Å². The molecule has 0 aromatic heterocycles. The number of benzene rings is 1. The first-order valence-electron chi connectivity index (χ1n) is 11.4. The van der Waals surface area contributed by atoms with Gasteiger partial charge in [0.2, 0.25) is 0 Å². The molecule has 0 spiro atoms. The zero-order chi connectivity index (χ0) is 23.4. The largest absolute Gasteiger partial charge is 0.416 e. The van der Waals surface area contributed by atoms with Gasteiger partial charge in [0.1, 0.15) is 0 Å². The van der Waals surface area contributed by atoms with Crippen LogP contribution in [0.1, 0.15) is 50.5 Å². The molecule has 0 amide bonds. The lowest BCUT2D eigenvalue weighted by molar-refractivity contribution is -0.137. The Bertz CT molecular complexity index is 838. The second-order valence-electron chi connectivity index (χ2n) is 9.25. The molecule has 11 heteroatoms. The molecule has 1 aliphatic carbocycles. The Morgan fingerprint density at radius 1 is 1.03 bits per heavy atom. The van der Waals surface area contributed by atoms with E-state index in [0.717, 1.165) is 70.6 Å². The van der Waals surface area contributed by atoms with E-state index in [0.29, 0.717) is 11.6 Å². The Hall–Kier alpha value is -1.07. The number of halogens is 4. The second-order valence-corrected chi connectivity index (χ2v) is 11.2. The van der Waals surface area contributed by atoms with Crippen LogP contribution in [0.15, 0.2) is 24.3 Å². The number of anilines is 1. The Balaban J connectivity index is 0.00000385. The summed E-state index contributed by atoms with van der Waals surface area (Å²) in [5.41, 5.74) is -0.0934. The molecular formula is C22H36ClF3N4O2S. The average Bonchev–Trinajstić information content (AvgIpc) is 2.73. The Morgan fingerprint density at radius 2 is 1.67 bits per heavy atom. The molecule has 3 rings (SSSR count). The molecule has 0 unspecified atom stereocenters. The molecule has 0 radical (unpaired) electrons. The number of hydrogen-bond donors (Lipinski definition) is 2. The van der Waals surface area contributed by atoms with Crippen molar-refractivity contribution in [1.29, 1.82) is 0 Å². The maximum absolute atomic E-state index is 12.9. The summed E-state index contributed by atoms with van der Waals surface area (Å²) in [6.07, 6.45) is 2.43. The van der Waals surface area contributed by atoms with E-state index in [1.165, 1.54) is 30.5 Å². The molecule has 2 aliphatic rings. The fraction of sp³-hybridized carbons (Fsp3) is 0.727. The number of likely N-dealkylation sites (tertiary alicyclic amines) is 1. The predicted molar refractivity (Wildman–Crippen MR) is 128 cm³/mol. The van der Waals surface area contributed by atoms with Gasteiger partial charge in [0.05, 0.1) is 5.56 Å². The number of nitrogens with zero attached hydrogens (tertiary/aromatic N) is 2. The van der Waals surface area contributed by atoms with Gasteiger partial charge in [-0.1, -0.05) is 6.07 Å². The van der Waals surface area contributed by atoms with Crippen LogP contribution in [-0.4, -0.2) is 63.4 Å². The summed E-state index contributed by atoms with van der Waals surface area (Å²) in [5, 5.41) is 3.26. The fourth-order valence-electron chi connectivity index (χ4n) is 4.57. The molecule has 1 saturated carbocycles. The molecule has 0 atom stereocenters. The zero-order valence-electron chi connectivity index (χ0n) is 19.3. The zero-order valence-corrected chi connectivity index (χ0v) is 20.9. The minimum Gasteiger partial charge on any atom is -0.382 e. The van der Waals surface area contributed by atoms with Crippen LogP contribution in [0.3, 0.4) is 0 Å². The van der Waals surface area contributed by atoms with Crippen LogP contribution < -0.4 is 10.0 Å². The summed E-state index contributed by atoms with van der Waals surface area (Å²) in [5.74, 6) is 0.621. The number of nitrogens with one attached hydrogen (secondary N) is 2. The van der Waals surface area contributed by atoms with Gasteiger partial charge in [-0.15, -0.1) is 12.4 Å². The van der Waals surface area contributed by atoms with E-state index in [4.69, 9.17) is 0 Å². The van der Waals surface area contributed by atoms with Gasteiger partial charge in [-0.2, -0.15) is 30.6 Å². The van der Waals surface area contributed by atoms with Crippen LogP contribution in [-0.2, 0) is 16.4 Å². The van der Waals surface area contributed by atoms with Crippen molar-refractivity contribution in [1.82, 2.24) is 13.9 Å². The van der Waals surface area contributed by atoms with E-state index >= 15 is 0 Å². The van der Waals surface area contributed by atoms with Gasteiger partial charge in [0, 0.05) is 45.0 Å². The first-order valence-corrected chi connectivity index (χ1v) is 12.8. The predicted octanol–water partition coefficient (Wildman–Crippen LogP) is 4.35. The van der Waals surface area contributed by atoms with Crippen LogP contribution in [0, 0.1) is 5.92 Å². The number of hydrogen-bond acceptors (Lipinski definition) is 4. The van der Waals surface area contributed by atoms with Crippen LogP contribution in [0.2, 0.25) is 0 Å². The first kappa shape index (κ1) is 28.2. The van der Waals surface area contributed by atoms with Gasteiger partial charge in [0.25, 0.3) is 10.2 Å². The summed E-state index contributed by atoms with van der Waals surface area (Å²) in [4.78, 5) is 2.44. The van der Waals surface area contributed by atoms with Crippen molar-refractivity contribution in [2.45, 2.75) is 63.2 Å². The third-order valence-electron chi connectivity index (χ3n) is 6.64. The lowest BCUT2D eigenvalue weighted by atomic mass is 9.84. The fourth-order valence-corrected chi connectivity index (χ4v) is 5.44. The van der Waals surface area contributed by atoms with Crippen LogP contribution in [0.25, 0.3) is 0 Å². The minimum absolute atomic E-state index is 0. The van der Waals surface area contributed by atoms with Gasteiger partial charge >= 0.3 is 6.18 Å².